The van der Waals surface area contributed by atoms with Gasteiger partial charge in [0.15, 0.2) is 0 Å². The fourth-order valence-electron chi connectivity index (χ4n) is 1.62. The molecule has 0 spiro atoms. The van der Waals surface area contributed by atoms with Crippen LogP contribution in [0.25, 0.3) is 0 Å². The topological polar surface area (TPSA) is 75.7 Å². The number of thiophene rings is 1. The minimum absolute atomic E-state index is 0.200. The lowest BCUT2D eigenvalue weighted by atomic mass is 10.1. The van der Waals surface area contributed by atoms with E-state index in [1.807, 2.05) is 0 Å². The molecule has 0 saturated carbocycles. The number of anilines is 1. The van der Waals surface area contributed by atoms with Crippen molar-refractivity contribution in [2.24, 2.45) is 0 Å². The molecule has 0 bridgehead atoms. The number of rotatable bonds is 5. The first-order valence-corrected chi connectivity index (χ1v) is 7.56. The highest BCUT2D eigenvalue weighted by Crippen LogP contribution is 2.34. The summed E-state index contributed by atoms with van der Waals surface area (Å²) in [6, 6.07) is 0. The molecule has 1 aromatic rings. The molecule has 0 fully saturated rings. The van der Waals surface area contributed by atoms with Crippen molar-refractivity contribution in [3.8, 4) is 0 Å². The average molecular weight is 333 g/mol. The smallest absolute Gasteiger partial charge is 0.341 e. The SMILES string of the molecule is CCOC(=O)c1c(NC(=O)CCl)sc(C(=O)N(C)C)c1C. The van der Waals surface area contributed by atoms with E-state index in [0.29, 0.717) is 10.4 Å². The molecule has 0 aliphatic rings. The van der Waals surface area contributed by atoms with Gasteiger partial charge in [0.1, 0.15) is 10.9 Å². The van der Waals surface area contributed by atoms with E-state index < -0.39 is 11.9 Å². The summed E-state index contributed by atoms with van der Waals surface area (Å²) in [7, 11) is 3.23. The van der Waals surface area contributed by atoms with Crippen molar-refractivity contribution in [2.45, 2.75) is 13.8 Å². The van der Waals surface area contributed by atoms with Gasteiger partial charge in [-0.3, -0.25) is 9.59 Å². The van der Waals surface area contributed by atoms with Crippen LogP contribution >= 0.6 is 22.9 Å². The number of esters is 1. The van der Waals surface area contributed by atoms with E-state index in [9.17, 15) is 14.4 Å². The van der Waals surface area contributed by atoms with Crippen molar-refractivity contribution in [2.75, 3.05) is 31.9 Å². The summed E-state index contributed by atoms with van der Waals surface area (Å²) >= 11 is 6.49. The molecule has 0 aliphatic heterocycles. The van der Waals surface area contributed by atoms with Gasteiger partial charge in [0.05, 0.1) is 17.0 Å². The number of hydrogen-bond acceptors (Lipinski definition) is 5. The summed E-state index contributed by atoms with van der Waals surface area (Å²) in [4.78, 5) is 37.4. The second kappa shape index (κ2) is 7.42. The Morgan fingerprint density at radius 2 is 1.95 bits per heavy atom. The summed E-state index contributed by atoms with van der Waals surface area (Å²) in [5.41, 5.74) is 0.688. The summed E-state index contributed by atoms with van der Waals surface area (Å²) in [5, 5.41) is 2.81. The Bertz CT molecular complexity index is 569. The number of alkyl halides is 1. The molecule has 1 aromatic heterocycles. The molecule has 0 aliphatic carbocycles. The number of halogens is 1. The van der Waals surface area contributed by atoms with Crippen molar-refractivity contribution in [1.29, 1.82) is 0 Å². The van der Waals surface area contributed by atoms with Gasteiger partial charge in [-0.1, -0.05) is 0 Å². The zero-order chi connectivity index (χ0) is 16.2. The van der Waals surface area contributed by atoms with Gasteiger partial charge in [-0.15, -0.1) is 22.9 Å². The molecule has 21 heavy (non-hydrogen) atoms. The van der Waals surface area contributed by atoms with Gasteiger partial charge < -0.3 is 15.0 Å². The van der Waals surface area contributed by atoms with E-state index in [4.69, 9.17) is 16.3 Å². The number of nitrogens with zero attached hydrogens (tertiary/aromatic N) is 1. The maximum absolute atomic E-state index is 12.1. The standard InChI is InChI=1S/C13H17ClN2O4S/c1-5-20-13(19)9-7(2)10(12(18)16(3)4)21-11(9)15-8(17)6-14/h5-6H2,1-4H3,(H,15,17). The van der Waals surface area contributed by atoms with Gasteiger partial charge in [-0.25, -0.2) is 4.79 Å². The fourth-order valence-corrected chi connectivity index (χ4v) is 2.92. The van der Waals surface area contributed by atoms with Gasteiger partial charge in [0.2, 0.25) is 5.91 Å². The van der Waals surface area contributed by atoms with Crippen molar-refractivity contribution in [1.82, 2.24) is 4.90 Å². The highest BCUT2D eigenvalue weighted by atomic mass is 35.5. The normalized spacial score (nSPS) is 10.1. The molecular formula is C13H17ClN2O4S. The minimum Gasteiger partial charge on any atom is -0.462 e. The van der Waals surface area contributed by atoms with Crippen LogP contribution in [-0.4, -0.2) is 49.3 Å². The number of nitrogens with one attached hydrogen (secondary N) is 1. The summed E-state index contributed by atoms with van der Waals surface area (Å²) in [6.45, 7) is 3.53. The zero-order valence-corrected chi connectivity index (χ0v) is 13.9. The van der Waals surface area contributed by atoms with Gasteiger partial charge in [-0.2, -0.15) is 0 Å². The lowest BCUT2D eigenvalue weighted by Gasteiger charge is -2.09. The zero-order valence-electron chi connectivity index (χ0n) is 12.3. The molecule has 0 aromatic carbocycles. The summed E-state index contributed by atoms with van der Waals surface area (Å²) < 4.78 is 4.98. The Morgan fingerprint density at radius 1 is 1.33 bits per heavy atom. The average Bonchev–Trinajstić information content (AvgIpc) is 2.74. The van der Waals surface area contributed by atoms with E-state index in [-0.39, 0.29) is 29.0 Å². The lowest BCUT2D eigenvalue weighted by molar-refractivity contribution is -0.113. The lowest BCUT2D eigenvalue weighted by Crippen LogP contribution is -2.21. The van der Waals surface area contributed by atoms with Crippen LogP contribution in [0.5, 0.6) is 0 Å². The first kappa shape index (κ1) is 17.5. The first-order valence-electron chi connectivity index (χ1n) is 6.21. The van der Waals surface area contributed by atoms with E-state index in [1.165, 1.54) is 4.90 Å². The van der Waals surface area contributed by atoms with E-state index in [0.717, 1.165) is 11.3 Å². The van der Waals surface area contributed by atoms with Crippen molar-refractivity contribution >= 4 is 45.7 Å². The van der Waals surface area contributed by atoms with Gasteiger partial charge in [-0.05, 0) is 19.4 Å². The van der Waals surface area contributed by atoms with Crippen LogP contribution in [0.15, 0.2) is 0 Å². The van der Waals surface area contributed by atoms with Crippen LogP contribution in [-0.2, 0) is 9.53 Å². The second-order valence-electron chi connectivity index (χ2n) is 4.36. The van der Waals surface area contributed by atoms with Gasteiger partial charge in [0.25, 0.3) is 5.91 Å². The molecule has 0 atom stereocenters. The predicted molar refractivity (Wildman–Crippen MR) is 82.4 cm³/mol. The summed E-state index contributed by atoms with van der Waals surface area (Å²) in [5.74, 6) is -1.51. The maximum atomic E-state index is 12.1. The molecule has 0 radical (unpaired) electrons. The van der Waals surface area contributed by atoms with Gasteiger partial charge in [0, 0.05) is 14.1 Å². The molecule has 1 heterocycles. The monoisotopic (exact) mass is 332 g/mol. The van der Waals surface area contributed by atoms with Crippen LogP contribution in [0.3, 0.4) is 0 Å². The first-order chi connectivity index (χ1) is 9.83. The molecule has 1 rings (SSSR count). The Kier molecular flexibility index (Phi) is 6.17. The molecule has 116 valence electrons. The van der Waals surface area contributed by atoms with E-state index in [2.05, 4.69) is 5.32 Å². The Balaban J connectivity index is 3.32. The van der Waals surface area contributed by atoms with E-state index >= 15 is 0 Å². The van der Waals surface area contributed by atoms with Crippen molar-refractivity contribution in [3.05, 3.63) is 16.0 Å². The van der Waals surface area contributed by atoms with Crippen LogP contribution < -0.4 is 5.32 Å². The van der Waals surface area contributed by atoms with Crippen molar-refractivity contribution < 1.29 is 19.1 Å². The number of ether oxygens (including phenoxy) is 1. The number of amides is 2. The van der Waals surface area contributed by atoms with Crippen molar-refractivity contribution in [3.63, 3.8) is 0 Å². The number of carbonyl (C=O) groups is 3. The quantitative estimate of drug-likeness (QED) is 0.662. The largest absolute Gasteiger partial charge is 0.462 e. The third kappa shape index (κ3) is 3.95. The Labute approximate surface area is 132 Å². The molecule has 8 heteroatoms. The van der Waals surface area contributed by atoms with Crippen LogP contribution in [0.2, 0.25) is 0 Å². The molecule has 6 nitrogen and oxygen atoms in total. The Morgan fingerprint density at radius 3 is 2.43 bits per heavy atom. The fraction of sp³-hybridized carbons (Fsp3) is 0.462. The van der Waals surface area contributed by atoms with E-state index in [1.54, 1.807) is 27.9 Å². The molecule has 1 N–H and O–H groups in total. The highest BCUT2D eigenvalue weighted by Gasteiger charge is 2.27. The third-order valence-electron chi connectivity index (χ3n) is 2.60. The second-order valence-corrected chi connectivity index (χ2v) is 5.65. The highest BCUT2D eigenvalue weighted by molar-refractivity contribution is 7.18. The maximum Gasteiger partial charge on any atom is 0.341 e. The summed E-state index contributed by atoms with van der Waals surface area (Å²) in [6.07, 6.45) is 0. The van der Waals surface area contributed by atoms with Crippen LogP contribution in [0, 0.1) is 6.92 Å². The Hall–Kier alpha value is -1.60. The third-order valence-corrected chi connectivity index (χ3v) is 4.04. The number of hydrogen-bond donors (Lipinski definition) is 1. The van der Waals surface area contributed by atoms with Gasteiger partial charge >= 0.3 is 5.97 Å². The minimum atomic E-state index is -0.575. The number of carbonyl (C=O) groups excluding carboxylic acids is 3. The molecule has 2 amide bonds. The van der Waals surface area contributed by atoms with Crippen LogP contribution in [0.4, 0.5) is 5.00 Å². The predicted octanol–water partition coefficient (Wildman–Crippen LogP) is 2.11. The van der Waals surface area contributed by atoms with Crippen LogP contribution in [0.1, 0.15) is 32.5 Å². The molecule has 0 unspecified atom stereocenters. The molecule has 0 saturated heterocycles. The molecular weight excluding hydrogens is 316 g/mol.